The first-order valence-electron chi connectivity index (χ1n) is 16.1. The lowest BCUT2D eigenvalue weighted by Crippen LogP contribution is -2.43. The summed E-state index contributed by atoms with van der Waals surface area (Å²) in [7, 11) is 0. The molecule has 0 bridgehead atoms. The fourth-order valence-corrected chi connectivity index (χ4v) is 8.32. The number of phenols is 1. The second-order valence-corrected chi connectivity index (χ2v) is 13.5. The van der Waals surface area contributed by atoms with Crippen molar-refractivity contribution >= 4 is 33.6 Å². The molecule has 4 aliphatic heterocycles. The number of nitrogens with one attached hydrogen (secondary N) is 1. The number of fused-ring (bicyclic) bond motifs is 3. The molecule has 12 heteroatoms. The summed E-state index contributed by atoms with van der Waals surface area (Å²) >= 11 is 0. The van der Waals surface area contributed by atoms with Crippen LogP contribution < -0.4 is 15.0 Å². The molecule has 4 aliphatic rings. The number of hydrogen-bond acceptors (Lipinski definition) is 9. The smallest absolute Gasteiger partial charge is 0.407 e. The third-order valence-electron chi connectivity index (χ3n) is 10.4. The summed E-state index contributed by atoms with van der Waals surface area (Å²) in [6.45, 7) is 7.80. The van der Waals surface area contributed by atoms with Crippen LogP contribution in [0.3, 0.4) is 0 Å². The van der Waals surface area contributed by atoms with Crippen LogP contribution in [-0.2, 0) is 11.2 Å². The maximum absolute atomic E-state index is 16.9. The van der Waals surface area contributed by atoms with Crippen molar-refractivity contribution in [2.75, 3.05) is 44.2 Å². The summed E-state index contributed by atoms with van der Waals surface area (Å²) in [5, 5.41) is 14.8. The molecule has 4 aromatic rings. The van der Waals surface area contributed by atoms with Crippen LogP contribution in [0.5, 0.6) is 11.8 Å². The molecule has 2 aromatic carbocycles. The molecule has 46 heavy (non-hydrogen) atoms. The van der Waals surface area contributed by atoms with Gasteiger partial charge in [-0.15, -0.1) is 0 Å². The molecule has 2 aromatic heterocycles. The highest BCUT2D eigenvalue weighted by Gasteiger charge is 2.49. The molecule has 0 saturated carbocycles. The molecular formula is C34H36F2N6O4. The van der Waals surface area contributed by atoms with Gasteiger partial charge in [-0.25, -0.2) is 13.6 Å². The topological polar surface area (TPSA) is 113 Å². The van der Waals surface area contributed by atoms with Crippen molar-refractivity contribution in [1.29, 1.82) is 0 Å². The molecule has 8 rings (SSSR count). The maximum atomic E-state index is 16.9. The maximum Gasteiger partial charge on any atom is 0.407 e. The number of rotatable bonds is 6. The Morgan fingerprint density at radius 3 is 2.87 bits per heavy atom. The highest BCUT2D eigenvalue weighted by molar-refractivity contribution is 6.01. The van der Waals surface area contributed by atoms with E-state index in [0.717, 1.165) is 32.4 Å². The van der Waals surface area contributed by atoms with Crippen molar-refractivity contribution in [3.8, 4) is 23.0 Å². The number of ether oxygens (including phenoxy) is 2. The molecule has 10 nitrogen and oxygen atoms in total. The van der Waals surface area contributed by atoms with Gasteiger partial charge in [0.1, 0.15) is 35.2 Å². The quantitative estimate of drug-likeness (QED) is 0.292. The van der Waals surface area contributed by atoms with E-state index in [9.17, 15) is 14.3 Å². The summed E-state index contributed by atoms with van der Waals surface area (Å²) < 4.78 is 43.8. The van der Waals surface area contributed by atoms with Crippen molar-refractivity contribution < 1.29 is 28.2 Å². The molecule has 1 unspecified atom stereocenters. The van der Waals surface area contributed by atoms with E-state index >= 15 is 4.39 Å². The van der Waals surface area contributed by atoms with Crippen molar-refractivity contribution in [2.45, 2.75) is 57.1 Å². The predicted molar refractivity (Wildman–Crippen MR) is 168 cm³/mol. The molecule has 4 saturated heterocycles. The highest BCUT2D eigenvalue weighted by Crippen LogP contribution is 2.43. The van der Waals surface area contributed by atoms with Crippen molar-refractivity contribution in [3.63, 3.8) is 0 Å². The van der Waals surface area contributed by atoms with Crippen LogP contribution in [0.1, 0.15) is 45.1 Å². The zero-order chi connectivity index (χ0) is 31.8. The van der Waals surface area contributed by atoms with Crippen LogP contribution in [0.25, 0.3) is 32.9 Å². The molecule has 4 fully saturated rings. The SMILES string of the molecule is CCc1c(F)ccc2cc(O)cc(-c3ncc4c(N5CCC6(CNC(=O)O6)C5)nc(OC[C@@]56CCCN5C[C@H](C)C6)nc4c3F)c12. The zero-order valence-electron chi connectivity index (χ0n) is 25.9. The van der Waals surface area contributed by atoms with E-state index in [0.29, 0.717) is 72.5 Å². The van der Waals surface area contributed by atoms with E-state index < -0.39 is 23.3 Å². The number of aromatic nitrogens is 3. The van der Waals surface area contributed by atoms with Crippen LogP contribution in [-0.4, -0.2) is 81.5 Å². The number of pyridine rings is 1. The second kappa shape index (κ2) is 10.6. The number of anilines is 1. The molecule has 6 heterocycles. The van der Waals surface area contributed by atoms with Gasteiger partial charge < -0.3 is 24.8 Å². The second-order valence-electron chi connectivity index (χ2n) is 13.5. The standard InChI is InChI=1S/C34H36F2N6O4/c1-3-22-25(35)6-5-20-11-21(43)12-23(26(20)22)28-27(36)29-24(14-37-28)30(41-10-8-34(17-41)16-38-32(44)46-34)40-31(39-29)45-18-33-7-4-9-42(33)15-19(2)13-33/h5-6,11-12,14,19,43H,3-4,7-10,13,15-18H2,1-2H3,(H,38,44)/t19-,33+,34?/m1/s1. The number of carbonyl (C=O) groups is 1. The van der Waals surface area contributed by atoms with Crippen molar-refractivity contribution in [3.05, 3.63) is 47.7 Å². The van der Waals surface area contributed by atoms with Crippen LogP contribution in [0.4, 0.5) is 19.4 Å². The number of benzene rings is 2. The molecule has 3 atom stereocenters. The first kappa shape index (κ1) is 29.1. The van der Waals surface area contributed by atoms with Gasteiger partial charge in [-0.2, -0.15) is 9.97 Å². The third kappa shape index (κ3) is 4.59. The van der Waals surface area contributed by atoms with Crippen LogP contribution >= 0.6 is 0 Å². The van der Waals surface area contributed by atoms with Gasteiger partial charge in [0.2, 0.25) is 0 Å². The molecule has 1 spiro atoms. The highest BCUT2D eigenvalue weighted by atomic mass is 19.1. The van der Waals surface area contributed by atoms with Crippen molar-refractivity contribution in [2.24, 2.45) is 5.92 Å². The molecule has 0 radical (unpaired) electrons. The summed E-state index contributed by atoms with van der Waals surface area (Å²) in [5.74, 6) is -0.212. The van der Waals surface area contributed by atoms with Gasteiger partial charge >= 0.3 is 12.1 Å². The zero-order valence-corrected chi connectivity index (χ0v) is 25.9. The number of phenolic OH excluding ortho intramolecular Hbond substituents is 1. The average Bonchev–Trinajstić information content (AvgIpc) is 3.79. The van der Waals surface area contributed by atoms with Crippen LogP contribution in [0.15, 0.2) is 30.5 Å². The van der Waals surface area contributed by atoms with Gasteiger partial charge in [-0.05, 0) is 72.7 Å². The first-order valence-corrected chi connectivity index (χ1v) is 16.1. The van der Waals surface area contributed by atoms with Gasteiger partial charge in [0.25, 0.3) is 0 Å². The molecule has 0 aliphatic carbocycles. The number of carbonyl (C=O) groups excluding carboxylic acids is 1. The Bertz CT molecular complexity index is 1910. The number of amides is 1. The van der Waals surface area contributed by atoms with E-state index in [4.69, 9.17) is 14.5 Å². The number of nitrogens with zero attached hydrogens (tertiary/aromatic N) is 5. The molecule has 240 valence electrons. The molecule has 2 N–H and O–H groups in total. The summed E-state index contributed by atoms with van der Waals surface area (Å²) in [5.41, 5.74) is -0.152. The van der Waals surface area contributed by atoms with Gasteiger partial charge in [-0.3, -0.25) is 9.88 Å². The predicted octanol–water partition coefficient (Wildman–Crippen LogP) is 5.33. The van der Waals surface area contributed by atoms with Gasteiger partial charge in [0.15, 0.2) is 11.4 Å². The third-order valence-corrected chi connectivity index (χ3v) is 10.4. The number of aromatic hydroxyl groups is 1. The summed E-state index contributed by atoms with van der Waals surface area (Å²) in [4.78, 5) is 30.4. The lowest BCUT2D eigenvalue weighted by atomic mass is 9.92. The van der Waals surface area contributed by atoms with E-state index in [-0.39, 0.29) is 34.1 Å². The van der Waals surface area contributed by atoms with Gasteiger partial charge in [0.05, 0.1) is 24.0 Å². The lowest BCUT2D eigenvalue weighted by Gasteiger charge is -2.31. The minimum atomic E-state index is -0.720. The Morgan fingerprint density at radius 2 is 2.07 bits per heavy atom. The Balaban J connectivity index is 1.26. The Hall–Kier alpha value is -4.32. The first-order chi connectivity index (χ1) is 22.2. The molecule has 1 amide bonds. The monoisotopic (exact) mass is 630 g/mol. The fourth-order valence-electron chi connectivity index (χ4n) is 8.32. The minimum Gasteiger partial charge on any atom is -0.508 e. The van der Waals surface area contributed by atoms with E-state index in [1.54, 1.807) is 6.07 Å². The van der Waals surface area contributed by atoms with Crippen molar-refractivity contribution in [1.82, 2.24) is 25.2 Å². The van der Waals surface area contributed by atoms with Crippen LogP contribution in [0.2, 0.25) is 0 Å². The number of aryl methyl sites for hydroxylation is 1. The largest absolute Gasteiger partial charge is 0.508 e. The Kier molecular flexibility index (Phi) is 6.72. The summed E-state index contributed by atoms with van der Waals surface area (Å²) in [6, 6.07) is 5.93. The lowest BCUT2D eigenvalue weighted by molar-refractivity contribution is 0.0745. The summed E-state index contributed by atoms with van der Waals surface area (Å²) in [6.07, 6.45) is 5.16. The number of hydrogen-bond donors (Lipinski definition) is 2. The molecular weight excluding hydrogens is 594 g/mol. The normalized spacial score (nSPS) is 26.0. The Morgan fingerprint density at radius 1 is 1.20 bits per heavy atom. The fraction of sp³-hybridized carbons (Fsp3) is 0.471. The van der Waals surface area contributed by atoms with E-state index in [2.05, 4.69) is 27.1 Å². The minimum absolute atomic E-state index is 0.0130. The Labute approximate surface area is 264 Å². The van der Waals surface area contributed by atoms with E-state index in [1.807, 2.05) is 11.8 Å². The van der Waals surface area contributed by atoms with Gasteiger partial charge in [0, 0.05) is 31.3 Å². The van der Waals surface area contributed by atoms with E-state index in [1.165, 1.54) is 24.4 Å². The van der Waals surface area contributed by atoms with Gasteiger partial charge in [-0.1, -0.05) is 19.9 Å². The van der Waals surface area contributed by atoms with Crippen LogP contribution in [0, 0.1) is 17.6 Å². The number of halogens is 2. The number of alkyl carbamates (subject to hydrolysis) is 1. The average molecular weight is 631 g/mol.